The van der Waals surface area contributed by atoms with Crippen molar-refractivity contribution in [2.45, 2.75) is 38.7 Å². The Bertz CT molecular complexity index is 839. The van der Waals surface area contributed by atoms with Gasteiger partial charge < -0.3 is 15.2 Å². The van der Waals surface area contributed by atoms with E-state index in [4.69, 9.17) is 5.11 Å². The number of hydrogen-bond donors (Lipinski definition) is 3. The zero-order chi connectivity index (χ0) is 16.2. The minimum Gasteiger partial charge on any atom is -0.481 e. The summed E-state index contributed by atoms with van der Waals surface area (Å²) in [6.07, 6.45) is 5.40. The zero-order valence-corrected chi connectivity index (χ0v) is 12.9. The Morgan fingerprint density at radius 3 is 2.78 bits per heavy atom. The van der Waals surface area contributed by atoms with E-state index in [-0.39, 0.29) is 13.0 Å². The molecular weight excluding hydrogens is 292 g/mol. The van der Waals surface area contributed by atoms with Crippen molar-refractivity contribution in [3.8, 4) is 0 Å². The van der Waals surface area contributed by atoms with E-state index in [0.29, 0.717) is 6.42 Å². The number of benzene rings is 1. The molecule has 0 fully saturated rings. The minimum atomic E-state index is -0.736. The molecule has 3 N–H and O–H groups in total. The number of fused-ring (bicyclic) bond motifs is 3. The van der Waals surface area contributed by atoms with Crippen molar-refractivity contribution < 1.29 is 15.0 Å². The van der Waals surface area contributed by atoms with Crippen LogP contribution in [0.5, 0.6) is 0 Å². The highest BCUT2D eigenvalue weighted by atomic mass is 16.4. The fraction of sp³-hybridized carbons (Fsp3) is 0.333. The molecule has 0 aliphatic heterocycles. The van der Waals surface area contributed by atoms with E-state index in [1.54, 1.807) is 0 Å². The largest absolute Gasteiger partial charge is 0.481 e. The molecule has 0 unspecified atom stereocenters. The monoisotopic (exact) mass is 312 g/mol. The number of aryl methyl sites for hydroxylation is 1. The number of nitrogens with one attached hydrogen (secondary N) is 1. The normalized spacial score (nSPS) is 11.3. The topological polar surface area (TPSA) is 86.2 Å². The van der Waals surface area contributed by atoms with Gasteiger partial charge in [-0.25, -0.2) is 0 Å². The number of unbranched alkanes of at least 4 members (excludes halogenated alkanes) is 2. The van der Waals surface area contributed by atoms with E-state index in [2.05, 4.69) is 9.97 Å². The highest BCUT2D eigenvalue weighted by Gasteiger charge is 2.09. The predicted molar refractivity (Wildman–Crippen MR) is 89.3 cm³/mol. The molecule has 2 aromatic heterocycles. The Labute approximate surface area is 134 Å². The van der Waals surface area contributed by atoms with Crippen LogP contribution in [0.4, 0.5) is 0 Å². The smallest absolute Gasteiger partial charge is 0.303 e. The predicted octanol–water partition coefficient (Wildman–Crippen LogP) is 3.40. The van der Waals surface area contributed by atoms with Gasteiger partial charge in [-0.1, -0.05) is 18.6 Å². The molecule has 1 aromatic carbocycles. The van der Waals surface area contributed by atoms with E-state index in [9.17, 15) is 9.90 Å². The highest BCUT2D eigenvalue weighted by molar-refractivity contribution is 6.07. The Morgan fingerprint density at radius 1 is 1.13 bits per heavy atom. The van der Waals surface area contributed by atoms with Crippen molar-refractivity contribution in [3.05, 3.63) is 41.7 Å². The molecule has 0 aliphatic rings. The van der Waals surface area contributed by atoms with Gasteiger partial charge in [0.1, 0.15) is 0 Å². The van der Waals surface area contributed by atoms with Gasteiger partial charge in [0, 0.05) is 28.9 Å². The van der Waals surface area contributed by atoms with Crippen molar-refractivity contribution >= 4 is 27.8 Å². The number of aliphatic hydroxyl groups is 1. The van der Waals surface area contributed by atoms with Crippen molar-refractivity contribution in [2.75, 3.05) is 0 Å². The second-order valence-electron chi connectivity index (χ2n) is 5.80. The molecule has 0 saturated carbocycles. The van der Waals surface area contributed by atoms with Crippen LogP contribution in [0.25, 0.3) is 21.8 Å². The molecule has 0 bridgehead atoms. The minimum absolute atomic E-state index is 0.0278. The number of hydrogen-bond acceptors (Lipinski definition) is 3. The van der Waals surface area contributed by atoms with Gasteiger partial charge in [-0.2, -0.15) is 0 Å². The quantitative estimate of drug-likeness (QED) is 0.584. The zero-order valence-electron chi connectivity index (χ0n) is 12.9. The summed E-state index contributed by atoms with van der Waals surface area (Å²) in [5.41, 5.74) is 3.94. The van der Waals surface area contributed by atoms with E-state index in [1.165, 1.54) is 0 Å². The summed E-state index contributed by atoms with van der Waals surface area (Å²) in [5.74, 6) is -0.736. The standard InChI is InChI=1S/C18H20N2O3/c21-11-12-6-7-13-14-8-9-19-15(18(14)20-16(13)10-12)4-2-1-3-5-17(22)23/h6-10,20-21H,1-5,11H2,(H,22,23). The van der Waals surface area contributed by atoms with Gasteiger partial charge in [0.2, 0.25) is 0 Å². The number of aromatic amines is 1. The van der Waals surface area contributed by atoms with Gasteiger partial charge in [-0.05, 0) is 37.0 Å². The molecule has 0 radical (unpaired) electrons. The Hall–Kier alpha value is -2.40. The van der Waals surface area contributed by atoms with Crippen molar-refractivity contribution in [3.63, 3.8) is 0 Å². The molecule has 3 rings (SSSR count). The van der Waals surface area contributed by atoms with E-state index in [0.717, 1.165) is 52.3 Å². The second-order valence-corrected chi connectivity index (χ2v) is 5.80. The fourth-order valence-corrected chi connectivity index (χ4v) is 2.97. The molecule has 2 heterocycles. The van der Waals surface area contributed by atoms with E-state index < -0.39 is 5.97 Å². The lowest BCUT2D eigenvalue weighted by atomic mass is 10.1. The first-order valence-corrected chi connectivity index (χ1v) is 7.90. The lowest BCUT2D eigenvalue weighted by Crippen LogP contribution is -1.95. The lowest BCUT2D eigenvalue weighted by Gasteiger charge is -2.02. The second kappa shape index (κ2) is 6.79. The molecule has 5 heteroatoms. The summed E-state index contributed by atoms with van der Waals surface area (Å²) >= 11 is 0. The number of aliphatic hydroxyl groups excluding tert-OH is 1. The molecule has 0 aliphatic carbocycles. The van der Waals surface area contributed by atoms with Crippen molar-refractivity contribution in [1.82, 2.24) is 9.97 Å². The summed E-state index contributed by atoms with van der Waals surface area (Å²) in [6.45, 7) is 0.0278. The van der Waals surface area contributed by atoms with Gasteiger partial charge in [0.05, 0.1) is 17.8 Å². The Morgan fingerprint density at radius 2 is 2.00 bits per heavy atom. The van der Waals surface area contributed by atoms with Crippen LogP contribution in [0.2, 0.25) is 0 Å². The number of carboxylic acids is 1. The molecule has 23 heavy (non-hydrogen) atoms. The number of nitrogens with zero attached hydrogens (tertiary/aromatic N) is 1. The third-order valence-corrected chi connectivity index (χ3v) is 4.15. The molecule has 0 amide bonds. The maximum absolute atomic E-state index is 10.5. The average molecular weight is 312 g/mol. The van der Waals surface area contributed by atoms with Crippen molar-refractivity contribution in [1.29, 1.82) is 0 Å². The summed E-state index contributed by atoms with van der Waals surface area (Å²) in [4.78, 5) is 18.4. The first-order chi connectivity index (χ1) is 11.2. The molecule has 0 saturated heterocycles. The lowest BCUT2D eigenvalue weighted by molar-refractivity contribution is -0.137. The van der Waals surface area contributed by atoms with Crippen LogP contribution < -0.4 is 0 Å². The summed E-state index contributed by atoms with van der Waals surface area (Å²) in [5, 5.41) is 20.2. The van der Waals surface area contributed by atoms with Crippen LogP contribution in [-0.4, -0.2) is 26.2 Å². The van der Waals surface area contributed by atoms with Crippen LogP contribution >= 0.6 is 0 Å². The molecule has 0 spiro atoms. The molecule has 3 aromatic rings. The van der Waals surface area contributed by atoms with Gasteiger partial charge in [-0.15, -0.1) is 0 Å². The van der Waals surface area contributed by atoms with E-state index >= 15 is 0 Å². The number of carbonyl (C=O) groups is 1. The molecule has 0 atom stereocenters. The molecular formula is C18H20N2O3. The van der Waals surface area contributed by atoms with Gasteiger partial charge in [0.15, 0.2) is 0 Å². The van der Waals surface area contributed by atoms with E-state index in [1.807, 2.05) is 30.5 Å². The summed E-state index contributed by atoms with van der Waals surface area (Å²) < 4.78 is 0. The first kappa shape index (κ1) is 15.5. The number of aliphatic carboxylic acids is 1. The van der Waals surface area contributed by atoms with Crippen LogP contribution in [0.15, 0.2) is 30.5 Å². The fourth-order valence-electron chi connectivity index (χ4n) is 2.97. The number of carboxylic acid groups (broad SMARTS) is 1. The third-order valence-electron chi connectivity index (χ3n) is 4.15. The maximum Gasteiger partial charge on any atom is 0.303 e. The van der Waals surface area contributed by atoms with Gasteiger partial charge in [-0.3, -0.25) is 9.78 Å². The number of pyridine rings is 1. The van der Waals surface area contributed by atoms with Crippen LogP contribution in [0, 0.1) is 0 Å². The molecule has 120 valence electrons. The summed E-state index contributed by atoms with van der Waals surface area (Å²) in [7, 11) is 0. The first-order valence-electron chi connectivity index (χ1n) is 7.90. The van der Waals surface area contributed by atoms with Crippen LogP contribution in [-0.2, 0) is 17.8 Å². The average Bonchev–Trinajstić information content (AvgIpc) is 2.92. The number of aromatic nitrogens is 2. The van der Waals surface area contributed by atoms with Crippen LogP contribution in [0.1, 0.15) is 36.9 Å². The van der Waals surface area contributed by atoms with Crippen LogP contribution in [0.3, 0.4) is 0 Å². The molecule has 5 nitrogen and oxygen atoms in total. The van der Waals surface area contributed by atoms with Gasteiger partial charge >= 0.3 is 5.97 Å². The Balaban J connectivity index is 1.82. The third kappa shape index (κ3) is 3.35. The van der Waals surface area contributed by atoms with Crippen molar-refractivity contribution in [2.24, 2.45) is 0 Å². The summed E-state index contributed by atoms with van der Waals surface area (Å²) in [6, 6.07) is 7.92. The SMILES string of the molecule is O=C(O)CCCCCc1nccc2c1[nH]c1cc(CO)ccc12. The highest BCUT2D eigenvalue weighted by Crippen LogP contribution is 2.28. The number of rotatable bonds is 7. The number of H-pyrrole nitrogens is 1. The van der Waals surface area contributed by atoms with Gasteiger partial charge in [0.25, 0.3) is 0 Å². The maximum atomic E-state index is 10.5. The Kier molecular flexibility index (Phi) is 4.57.